The van der Waals surface area contributed by atoms with Crippen molar-refractivity contribution in [2.45, 2.75) is 31.7 Å². The van der Waals surface area contributed by atoms with Crippen LogP contribution < -0.4 is 5.32 Å². The second kappa shape index (κ2) is 8.68. The Morgan fingerprint density at radius 1 is 1.19 bits per heavy atom. The van der Waals surface area contributed by atoms with E-state index in [9.17, 15) is 4.39 Å². The number of hydrogen-bond donors (Lipinski definition) is 2. The van der Waals surface area contributed by atoms with Gasteiger partial charge in [0.25, 0.3) is 0 Å². The van der Waals surface area contributed by atoms with E-state index in [1.54, 1.807) is 6.07 Å². The van der Waals surface area contributed by atoms with E-state index in [0.717, 1.165) is 56.3 Å². The van der Waals surface area contributed by atoms with Gasteiger partial charge in [-0.3, -0.25) is 0 Å². The van der Waals surface area contributed by atoms with Crippen LogP contribution in [0.1, 0.15) is 36.4 Å². The van der Waals surface area contributed by atoms with Gasteiger partial charge in [0.1, 0.15) is 5.82 Å². The highest BCUT2D eigenvalue weighted by Gasteiger charge is 2.21. The van der Waals surface area contributed by atoms with Crippen LogP contribution in [-0.2, 0) is 11.2 Å². The van der Waals surface area contributed by atoms with Crippen LogP contribution in [0.5, 0.6) is 0 Å². The van der Waals surface area contributed by atoms with Crippen LogP contribution in [0.25, 0.3) is 10.9 Å². The van der Waals surface area contributed by atoms with E-state index in [-0.39, 0.29) is 5.82 Å². The molecule has 0 bridgehead atoms. The lowest BCUT2D eigenvalue weighted by Gasteiger charge is -2.22. The molecule has 1 saturated heterocycles. The molecule has 0 aliphatic carbocycles. The Morgan fingerprint density at radius 2 is 2.07 bits per heavy atom. The molecule has 1 aliphatic rings. The number of benzene rings is 2. The zero-order chi connectivity index (χ0) is 18.5. The first-order valence-corrected chi connectivity index (χ1v) is 9.91. The summed E-state index contributed by atoms with van der Waals surface area (Å²) in [4.78, 5) is 3.24. The fourth-order valence-corrected chi connectivity index (χ4v) is 4.04. The molecule has 2 heterocycles. The van der Waals surface area contributed by atoms with Crippen molar-refractivity contribution in [3.63, 3.8) is 0 Å². The van der Waals surface area contributed by atoms with Crippen LogP contribution in [0.4, 0.5) is 4.39 Å². The van der Waals surface area contributed by atoms with Gasteiger partial charge in [0.15, 0.2) is 0 Å². The number of H-pyrrole nitrogens is 1. The first kappa shape index (κ1) is 18.2. The number of aryl methyl sites for hydroxylation is 1. The zero-order valence-corrected chi connectivity index (χ0v) is 15.6. The van der Waals surface area contributed by atoms with Gasteiger partial charge in [-0.1, -0.05) is 30.3 Å². The monoisotopic (exact) mass is 366 g/mol. The fraction of sp³-hybridized carbons (Fsp3) is 0.391. The molecule has 2 aromatic carbocycles. The Kier molecular flexibility index (Phi) is 5.85. The molecule has 1 fully saturated rings. The quantitative estimate of drug-likeness (QED) is 0.551. The molecule has 2 unspecified atom stereocenters. The maximum atomic E-state index is 13.5. The Labute approximate surface area is 159 Å². The Bertz CT molecular complexity index is 855. The Hall–Kier alpha value is -2.17. The lowest BCUT2D eigenvalue weighted by Crippen LogP contribution is -2.25. The van der Waals surface area contributed by atoms with Crippen LogP contribution in [-0.4, -0.2) is 24.7 Å². The minimum absolute atomic E-state index is 0.176. The summed E-state index contributed by atoms with van der Waals surface area (Å²) in [5, 5.41) is 4.74. The topological polar surface area (TPSA) is 37.0 Å². The summed E-state index contributed by atoms with van der Waals surface area (Å²) in [6, 6.07) is 16.0. The lowest BCUT2D eigenvalue weighted by molar-refractivity contribution is 0.181. The summed E-state index contributed by atoms with van der Waals surface area (Å²) in [5.41, 5.74) is 3.54. The van der Waals surface area contributed by atoms with Crippen LogP contribution in [0.2, 0.25) is 0 Å². The van der Waals surface area contributed by atoms with Gasteiger partial charge in [0.2, 0.25) is 0 Å². The van der Waals surface area contributed by atoms with Crippen molar-refractivity contribution in [2.75, 3.05) is 19.8 Å². The third-order valence-corrected chi connectivity index (χ3v) is 5.54. The number of hydrogen-bond acceptors (Lipinski definition) is 2. The lowest BCUT2D eigenvalue weighted by atomic mass is 9.94. The van der Waals surface area contributed by atoms with Gasteiger partial charge in [-0.25, -0.2) is 4.39 Å². The van der Waals surface area contributed by atoms with Crippen molar-refractivity contribution >= 4 is 10.9 Å². The minimum atomic E-state index is -0.176. The predicted molar refractivity (Wildman–Crippen MR) is 107 cm³/mol. The average Bonchev–Trinajstić information content (AvgIpc) is 3.34. The summed E-state index contributed by atoms with van der Waals surface area (Å²) in [5.74, 6) is 0.462. The van der Waals surface area contributed by atoms with Gasteiger partial charge in [0.05, 0.1) is 0 Å². The standard InChI is InChI=1S/C23H27FN2O/c24-20-8-9-22-21(14-20)19(15-26-22)7-4-11-25-23(13-17-10-12-27-16-17)18-5-2-1-3-6-18/h1-3,5-6,8-9,14-15,17,23,25-26H,4,7,10-13,16H2. The highest BCUT2D eigenvalue weighted by molar-refractivity contribution is 5.83. The number of aromatic amines is 1. The van der Waals surface area contributed by atoms with Gasteiger partial charge in [-0.05, 0) is 67.5 Å². The largest absolute Gasteiger partial charge is 0.381 e. The first-order chi connectivity index (χ1) is 13.3. The molecule has 2 atom stereocenters. The third kappa shape index (κ3) is 4.57. The van der Waals surface area contributed by atoms with Crippen molar-refractivity contribution in [1.82, 2.24) is 10.3 Å². The van der Waals surface area contributed by atoms with Crippen LogP contribution in [0.15, 0.2) is 54.7 Å². The van der Waals surface area contributed by atoms with Crippen molar-refractivity contribution in [3.8, 4) is 0 Å². The van der Waals surface area contributed by atoms with E-state index in [2.05, 4.69) is 40.6 Å². The van der Waals surface area contributed by atoms with Gasteiger partial charge in [-0.2, -0.15) is 0 Å². The number of halogens is 1. The molecule has 1 aliphatic heterocycles. The summed E-state index contributed by atoms with van der Waals surface area (Å²) < 4.78 is 19.1. The number of rotatable bonds is 8. The molecule has 0 radical (unpaired) electrons. The summed E-state index contributed by atoms with van der Waals surface area (Å²) in [7, 11) is 0. The summed E-state index contributed by atoms with van der Waals surface area (Å²) in [6.45, 7) is 2.71. The van der Waals surface area contributed by atoms with Gasteiger partial charge in [0, 0.05) is 36.4 Å². The highest BCUT2D eigenvalue weighted by Crippen LogP contribution is 2.27. The van der Waals surface area contributed by atoms with Gasteiger partial charge in [-0.15, -0.1) is 0 Å². The van der Waals surface area contributed by atoms with Crippen molar-refractivity contribution < 1.29 is 9.13 Å². The van der Waals surface area contributed by atoms with Crippen molar-refractivity contribution in [2.24, 2.45) is 5.92 Å². The maximum absolute atomic E-state index is 13.5. The van der Waals surface area contributed by atoms with Crippen LogP contribution >= 0.6 is 0 Å². The third-order valence-electron chi connectivity index (χ3n) is 5.54. The van der Waals surface area contributed by atoms with Crippen molar-refractivity contribution in [3.05, 3.63) is 71.7 Å². The highest BCUT2D eigenvalue weighted by atomic mass is 19.1. The number of ether oxygens (including phenoxy) is 1. The molecule has 1 aromatic heterocycles. The molecule has 4 rings (SSSR count). The second-order valence-corrected chi connectivity index (χ2v) is 7.49. The van der Waals surface area contributed by atoms with E-state index >= 15 is 0 Å². The average molecular weight is 366 g/mol. The fourth-order valence-electron chi connectivity index (χ4n) is 4.04. The minimum Gasteiger partial charge on any atom is -0.381 e. The molecule has 0 saturated carbocycles. The van der Waals surface area contributed by atoms with Gasteiger partial charge < -0.3 is 15.0 Å². The van der Waals surface area contributed by atoms with Crippen molar-refractivity contribution in [1.29, 1.82) is 0 Å². The van der Waals surface area contributed by atoms with Crippen LogP contribution in [0.3, 0.4) is 0 Å². The smallest absolute Gasteiger partial charge is 0.123 e. The molecular formula is C23H27FN2O. The maximum Gasteiger partial charge on any atom is 0.123 e. The normalized spacial score (nSPS) is 18.2. The number of aromatic nitrogens is 1. The molecule has 3 nitrogen and oxygen atoms in total. The van der Waals surface area contributed by atoms with E-state index in [0.29, 0.717) is 12.0 Å². The molecule has 142 valence electrons. The van der Waals surface area contributed by atoms with Gasteiger partial charge >= 0.3 is 0 Å². The molecule has 0 spiro atoms. The Morgan fingerprint density at radius 3 is 2.89 bits per heavy atom. The van der Waals surface area contributed by atoms with E-state index in [1.807, 2.05) is 12.3 Å². The second-order valence-electron chi connectivity index (χ2n) is 7.49. The molecule has 0 amide bonds. The number of fused-ring (bicyclic) bond motifs is 1. The van der Waals surface area contributed by atoms with E-state index in [1.165, 1.54) is 17.2 Å². The predicted octanol–water partition coefficient (Wildman–Crippen LogP) is 5.00. The Balaban J connectivity index is 1.35. The summed E-state index contributed by atoms with van der Waals surface area (Å²) >= 11 is 0. The number of nitrogens with one attached hydrogen (secondary N) is 2. The molecule has 3 aromatic rings. The van der Waals surface area contributed by atoms with E-state index < -0.39 is 0 Å². The van der Waals surface area contributed by atoms with E-state index in [4.69, 9.17) is 4.74 Å². The molecule has 2 N–H and O–H groups in total. The molecular weight excluding hydrogens is 339 g/mol. The summed E-state index contributed by atoms with van der Waals surface area (Å²) in [6.07, 6.45) is 6.24. The zero-order valence-electron chi connectivity index (χ0n) is 15.6. The molecule has 4 heteroatoms. The SMILES string of the molecule is Fc1ccc2[nH]cc(CCCNC(CC3CCOC3)c3ccccc3)c2c1. The van der Waals surface area contributed by atoms with Crippen LogP contribution in [0, 0.1) is 11.7 Å². The first-order valence-electron chi connectivity index (χ1n) is 9.91. The molecule has 27 heavy (non-hydrogen) atoms.